The molecule has 0 radical (unpaired) electrons. The van der Waals surface area contributed by atoms with Crippen LogP contribution in [0.4, 0.5) is 0 Å². The van der Waals surface area contributed by atoms with E-state index in [1.165, 1.54) is 0 Å². The second-order valence-corrected chi connectivity index (χ2v) is 15.6. The van der Waals surface area contributed by atoms with Gasteiger partial charge in [-0.1, -0.05) is 71.9 Å². The topological polar surface area (TPSA) is 54.0 Å². The second-order valence-electron chi connectivity index (χ2n) is 10.9. The zero-order valence-corrected chi connectivity index (χ0v) is 20.6. The summed E-state index contributed by atoms with van der Waals surface area (Å²) in [6.07, 6.45) is 0.467. The smallest absolute Gasteiger partial charge is 0.349 e. The molecule has 0 aromatic heterocycles. The monoisotopic (exact) mass is 434 g/mol. The lowest BCUT2D eigenvalue weighted by Crippen LogP contribution is -2.68. The molecule has 0 bridgehead atoms. The minimum Gasteiger partial charge on any atom is -0.391 e. The molecule has 0 spiro atoms. The predicted octanol–water partition coefficient (Wildman–Crippen LogP) is 5.17. The van der Waals surface area contributed by atoms with Crippen molar-refractivity contribution in [3.05, 3.63) is 35.9 Å². The van der Waals surface area contributed by atoms with Crippen molar-refractivity contribution in [3.8, 4) is 0 Å². The van der Waals surface area contributed by atoms with E-state index in [1.807, 2.05) is 37.3 Å². The first-order chi connectivity index (χ1) is 13.9. The van der Waals surface area contributed by atoms with Gasteiger partial charge in [-0.25, -0.2) is 0 Å². The molecule has 2 heterocycles. The fourth-order valence-electron chi connectivity index (χ4n) is 4.85. The summed E-state index contributed by atoms with van der Waals surface area (Å²) in [6.45, 7) is 16.5. The van der Waals surface area contributed by atoms with Crippen LogP contribution in [-0.4, -0.2) is 45.4 Å². The number of hydrogen-bond donors (Lipinski definition) is 0. The molecule has 0 aliphatic carbocycles. The third kappa shape index (κ3) is 4.58. The van der Waals surface area contributed by atoms with Crippen molar-refractivity contribution in [1.29, 1.82) is 0 Å². The second kappa shape index (κ2) is 8.47. The summed E-state index contributed by atoms with van der Waals surface area (Å²) in [5, 5.41) is -0.212. The molecule has 0 N–H and O–H groups in total. The van der Waals surface area contributed by atoms with Crippen LogP contribution < -0.4 is 0 Å². The molecular formula is C24H38O5Si. The molecule has 0 amide bonds. The molecule has 168 valence electrons. The number of ether oxygens (including phenoxy) is 2. The Morgan fingerprint density at radius 1 is 1.07 bits per heavy atom. The molecule has 3 atom stereocenters. The van der Waals surface area contributed by atoms with Gasteiger partial charge >= 0.3 is 8.56 Å². The fraction of sp³-hybridized carbons (Fsp3) is 0.708. The highest BCUT2D eigenvalue weighted by atomic mass is 28.4. The highest BCUT2D eigenvalue weighted by Gasteiger charge is 2.63. The van der Waals surface area contributed by atoms with Crippen molar-refractivity contribution >= 4 is 14.3 Å². The van der Waals surface area contributed by atoms with Gasteiger partial charge in [-0.15, -0.1) is 0 Å². The molecular weight excluding hydrogens is 396 g/mol. The van der Waals surface area contributed by atoms with E-state index in [0.29, 0.717) is 32.7 Å². The first-order valence-electron chi connectivity index (χ1n) is 11.0. The van der Waals surface area contributed by atoms with E-state index in [2.05, 4.69) is 41.5 Å². The summed E-state index contributed by atoms with van der Waals surface area (Å²) in [5.41, 5.74) is 0.272. The number of hydrogen-bond acceptors (Lipinski definition) is 5. The van der Waals surface area contributed by atoms with E-state index in [0.717, 1.165) is 5.56 Å². The van der Waals surface area contributed by atoms with Crippen molar-refractivity contribution in [2.45, 2.75) is 95.8 Å². The van der Waals surface area contributed by atoms with Gasteiger partial charge in [-0.2, -0.15) is 0 Å². The van der Waals surface area contributed by atoms with E-state index >= 15 is 0 Å². The summed E-state index contributed by atoms with van der Waals surface area (Å²) in [5.74, 6) is 0.0969. The maximum atomic E-state index is 13.1. The fourth-order valence-corrected chi connectivity index (χ4v) is 9.80. The number of carbonyl (C=O) groups is 1. The molecule has 2 aliphatic rings. The normalized spacial score (nSPS) is 29.5. The van der Waals surface area contributed by atoms with Crippen molar-refractivity contribution in [3.63, 3.8) is 0 Å². The lowest BCUT2D eigenvalue weighted by atomic mass is 9.88. The van der Waals surface area contributed by atoms with E-state index in [1.54, 1.807) is 0 Å². The zero-order valence-electron chi connectivity index (χ0n) is 19.6. The van der Waals surface area contributed by atoms with Crippen LogP contribution in [0.2, 0.25) is 10.1 Å². The minimum absolute atomic E-state index is 0.0969. The van der Waals surface area contributed by atoms with Gasteiger partial charge in [0.15, 0.2) is 5.78 Å². The number of ketones is 1. The average molecular weight is 435 g/mol. The Balaban J connectivity index is 1.62. The molecule has 1 aromatic carbocycles. The van der Waals surface area contributed by atoms with Crippen LogP contribution in [0.25, 0.3) is 0 Å². The molecule has 3 rings (SSSR count). The average Bonchev–Trinajstić information content (AvgIpc) is 2.65. The molecule has 6 heteroatoms. The summed E-state index contributed by atoms with van der Waals surface area (Å²) in [6, 6.07) is 10.0. The van der Waals surface area contributed by atoms with Gasteiger partial charge in [0.2, 0.25) is 0 Å². The standard InChI is InChI=1S/C24H38O5Si/c1-22(2,3)30(23(4,5)6)27-17-20-19(29-30)15-21(25)24(7,28-20)13-14-26-16-18-11-9-8-10-12-18/h8-12,19-20H,13-17H2,1-7H3/t19-,20+,24-/m1/s1. The SMILES string of the molecule is CC(C)(C)[Si]1(C(C)(C)C)OC[C@@H]2O[C@](C)(CCOCc3ccccc3)C(=O)C[C@H]2O1. The Morgan fingerprint density at radius 3 is 2.30 bits per heavy atom. The van der Waals surface area contributed by atoms with Crippen LogP contribution in [0, 0.1) is 0 Å². The number of benzene rings is 1. The van der Waals surface area contributed by atoms with Crippen LogP contribution >= 0.6 is 0 Å². The molecule has 2 fully saturated rings. The van der Waals surface area contributed by atoms with Gasteiger partial charge < -0.3 is 18.3 Å². The van der Waals surface area contributed by atoms with Crippen LogP contribution in [0.5, 0.6) is 0 Å². The lowest BCUT2D eigenvalue weighted by molar-refractivity contribution is -0.203. The number of fused-ring (bicyclic) bond motifs is 1. The Hall–Kier alpha value is -1.05. The summed E-state index contributed by atoms with van der Waals surface area (Å²) in [7, 11) is -2.60. The maximum absolute atomic E-state index is 13.1. The highest BCUT2D eigenvalue weighted by molar-refractivity contribution is 6.73. The maximum Gasteiger partial charge on any atom is 0.349 e. The van der Waals surface area contributed by atoms with Crippen LogP contribution in [0.3, 0.4) is 0 Å². The van der Waals surface area contributed by atoms with Gasteiger partial charge in [0.05, 0.1) is 25.9 Å². The molecule has 5 nitrogen and oxygen atoms in total. The van der Waals surface area contributed by atoms with Crippen LogP contribution in [-0.2, 0) is 29.7 Å². The minimum atomic E-state index is -2.60. The van der Waals surface area contributed by atoms with E-state index in [4.69, 9.17) is 18.3 Å². The highest BCUT2D eigenvalue weighted by Crippen LogP contribution is 2.55. The quantitative estimate of drug-likeness (QED) is 0.473. The van der Waals surface area contributed by atoms with E-state index < -0.39 is 14.2 Å². The first kappa shape index (κ1) is 23.6. The molecule has 2 saturated heterocycles. The Kier molecular flexibility index (Phi) is 6.67. The van der Waals surface area contributed by atoms with E-state index in [-0.39, 0.29) is 28.1 Å². The van der Waals surface area contributed by atoms with E-state index in [9.17, 15) is 4.79 Å². The number of rotatable bonds is 5. The van der Waals surface area contributed by atoms with Crippen molar-refractivity contribution < 1.29 is 23.1 Å². The van der Waals surface area contributed by atoms with Gasteiger partial charge in [0.25, 0.3) is 0 Å². The largest absolute Gasteiger partial charge is 0.391 e. The summed E-state index contributed by atoms with van der Waals surface area (Å²) in [4.78, 5) is 13.1. The predicted molar refractivity (Wildman–Crippen MR) is 120 cm³/mol. The molecule has 0 unspecified atom stereocenters. The van der Waals surface area contributed by atoms with Gasteiger partial charge in [0.1, 0.15) is 11.7 Å². The van der Waals surface area contributed by atoms with Crippen LogP contribution in [0.1, 0.15) is 66.9 Å². The van der Waals surface area contributed by atoms with Crippen molar-refractivity contribution in [1.82, 2.24) is 0 Å². The first-order valence-corrected chi connectivity index (χ1v) is 12.8. The third-order valence-electron chi connectivity index (χ3n) is 6.38. The van der Waals surface area contributed by atoms with Crippen LogP contribution in [0.15, 0.2) is 30.3 Å². The van der Waals surface area contributed by atoms with Crippen molar-refractivity contribution in [2.24, 2.45) is 0 Å². The summed E-state index contributed by atoms with van der Waals surface area (Å²) >= 11 is 0. The van der Waals surface area contributed by atoms with Gasteiger partial charge in [-0.3, -0.25) is 4.79 Å². The zero-order chi connectivity index (χ0) is 22.2. The Morgan fingerprint density at radius 2 is 1.70 bits per heavy atom. The molecule has 2 aliphatic heterocycles. The van der Waals surface area contributed by atoms with Gasteiger partial charge in [0, 0.05) is 22.9 Å². The lowest BCUT2D eigenvalue weighted by Gasteiger charge is -2.56. The molecule has 1 aromatic rings. The summed E-state index contributed by atoms with van der Waals surface area (Å²) < 4.78 is 25.3. The number of Topliss-reactive ketones (excluding diaryl/α,β-unsaturated/α-hetero) is 1. The Bertz CT molecular complexity index is 722. The number of carbonyl (C=O) groups excluding carboxylic acids is 1. The molecule has 30 heavy (non-hydrogen) atoms. The Labute approximate surface area is 182 Å². The van der Waals surface area contributed by atoms with Gasteiger partial charge in [-0.05, 0) is 12.5 Å². The molecule has 0 saturated carbocycles. The van der Waals surface area contributed by atoms with Crippen molar-refractivity contribution in [2.75, 3.05) is 13.2 Å². The third-order valence-corrected chi connectivity index (χ3v) is 11.5.